The third-order valence-electron chi connectivity index (χ3n) is 5.23. The normalized spacial score (nSPS) is 17.0. The maximum absolute atomic E-state index is 13.2. The Hall–Kier alpha value is -2.90. The number of rotatable bonds is 4. The maximum Gasteiger partial charge on any atom is 0.246 e. The van der Waals surface area contributed by atoms with Gasteiger partial charge in [0.2, 0.25) is 11.8 Å². The fraction of sp³-hybridized carbons (Fsp3) is 0.450. The number of aromatic nitrogens is 2. The van der Waals surface area contributed by atoms with Crippen LogP contribution in [0.25, 0.3) is 0 Å². The number of benzene rings is 1. The maximum atomic E-state index is 13.2. The van der Waals surface area contributed by atoms with Crippen LogP contribution in [-0.2, 0) is 16.0 Å². The average molecular weight is 387 g/mol. The fourth-order valence-electron chi connectivity index (χ4n) is 3.56. The molecular weight excluding hydrogens is 361 g/mol. The van der Waals surface area contributed by atoms with Crippen molar-refractivity contribution in [1.29, 1.82) is 0 Å². The standard InChI is InChI=1S/C20H26FN5O2/c1-13-17(14(2)23-22-13)11-19(27)26-10-9-25(12-18(26)20(28)24(3)4)16-7-5-15(21)6-8-16/h5-8,18H,9-12H2,1-4H3,(H,22,23). The Morgan fingerprint density at radius 1 is 1.21 bits per heavy atom. The van der Waals surface area contributed by atoms with E-state index in [0.29, 0.717) is 19.6 Å². The Labute approximate surface area is 164 Å². The monoisotopic (exact) mass is 387 g/mol. The topological polar surface area (TPSA) is 72.5 Å². The first-order valence-electron chi connectivity index (χ1n) is 9.29. The molecule has 7 nitrogen and oxygen atoms in total. The van der Waals surface area contributed by atoms with E-state index < -0.39 is 6.04 Å². The van der Waals surface area contributed by atoms with Gasteiger partial charge in [0.1, 0.15) is 11.9 Å². The van der Waals surface area contributed by atoms with Crippen LogP contribution in [-0.4, -0.2) is 71.6 Å². The van der Waals surface area contributed by atoms with Gasteiger partial charge in [0, 0.05) is 50.7 Å². The molecule has 2 amide bonds. The fourth-order valence-corrected chi connectivity index (χ4v) is 3.56. The number of aryl methyl sites for hydroxylation is 2. The smallest absolute Gasteiger partial charge is 0.246 e. The first-order valence-corrected chi connectivity index (χ1v) is 9.29. The number of amides is 2. The molecule has 1 saturated heterocycles. The van der Waals surface area contributed by atoms with Crippen molar-refractivity contribution < 1.29 is 14.0 Å². The average Bonchev–Trinajstić information content (AvgIpc) is 2.99. The van der Waals surface area contributed by atoms with Crippen molar-refractivity contribution in [2.24, 2.45) is 0 Å². The van der Waals surface area contributed by atoms with Crippen molar-refractivity contribution in [3.05, 3.63) is 47.0 Å². The molecule has 1 aromatic heterocycles. The summed E-state index contributed by atoms with van der Waals surface area (Å²) in [5, 5.41) is 7.04. The van der Waals surface area contributed by atoms with E-state index in [1.165, 1.54) is 17.0 Å². The predicted molar refractivity (Wildman–Crippen MR) is 105 cm³/mol. The highest BCUT2D eigenvalue weighted by Crippen LogP contribution is 2.22. The van der Waals surface area contributed by atoms with Crippen molar-refractivity contribution in [3.8, 4) is 0 Å². The van der Waals surface area contributed by atoms with E-state index >= 15 is 0 Å². The number of H-pyrrole nitrogens is 1. The molecule has 3 rings (SSSR count). The third-order valence-corrected chi connectivity index (χ3v) is 5.23. The summed E-state index contributed by atoms with van der Waals surface area (Å²) in [6.45, 7) is 5.13. The van der Waals surface area contributed by atoms with E-state index in [0.717, 1.165) is 22.6 Å². The quantitative estimate of drug-likeness (QED) is 0.863. The minimum atomic E-state index is -0.589. The van der Waals surface area contributed by atoms with Crippen LogP contribution in [0.1, 0.15) is 17.0 Å². The highest BCUT2D eigenvalue weighted by atomic mass is 19.1. The van der Waals surface area contributed by atoms with E-state index in [2.05, 4.69) is 10.2 Å². The van der Waals surface area contributed by atoms with Gasteiger partial charge in [0.25, 0.3) is 0 Å². The first-order chi connectivity index (χ1) is 13.3. The van der Waals surface area contributed by atoms with Crippen LogP contribution in [0.5, 0.6) is 0 Å². The number of likely N-dealkylation sites (N-methyl/N-ethyl adjacent to an activating group) is 1. The first kappa shape index (κ1) is 19.9. The molecule has 2 heterocycles. The highest BCUT2D eigenvalue weighted by molar-refractivity contribution is 5.89. The molecule has 1 aliphatic rings. The number of halogens is 1. The van der Waals surface area contributed by atoms with Gasteiger partial charge in [-0.15, -0.1) is 0 Å². The molecule has 1 unspecified atom stereocenters. The summed E-state index contributed by atoms with van der Waals surface area (Å²) in [5.41, 5.74) is 3.38. The van der Waals surface area contributed by atoms with E-state index in [1.807, 2.05) is 18.7 Å². The molecule has 28 heavy (non-hydrogen) atoms. The zero-order valence-corrected chi connectivity index (χ0v) is 16.7. The van der Waals surface area contributed by atoms with E-state index in [4.69, 9.17) is 0 Å². The Balaban J connectivity index is 1.81. The molecule has 1 aromatic carbocycles. The van der Waals surface area contributed by atoms with Gasteiger partial charge in [-0.3, -0.25) is 14.7 Å². The number of nitrogens with one attached hydrogen (secondary N) is 1. The van der Waals surface area contributed by atoms with Crippen LogP contribution >= 0.6 is 0 Å². The van der Waals surface area contributed by atoms with Crippen molar-refractivity contribution >= 4 is 17.5 Å². The lowest BCUT2D eigenvalue weighted by Crippen LogP contribution is -2.60. The number of anilines is 1. The lowest BCUT2D eigenvalue weighted by atomic mass is 10.1. The van der Waals surface area contributed by atoms with Crippen LogP contribution in [0.15, 0.2) is 24.3 Å². The summed E-state index contributed by atoms with van der Waals surface area (Å²) in [7, 11) is 3.37. The number of hydrogen-bond donors (Lipinski definition) is 1. The highest BCUT2D eigenvalue weighted by Gasteiger charge is 2.36. The Morgan fingerprint density at radius 2 is 1.89 bits per heavy atom. The molecule has 0 bridgehead atoms. The van der Waals surface area contributed by atoms with Crippen LogP contribution in [0, 0.1) is 19.7 Å². The third kappa shape index (κ3) is 4.00. The van der Waals surface area contributed by atoms with Gasteiger partial charge in [-0.1, -0.05) is 0 Å². The zero-order chi connectivity index (χ0) is 20.4. The molecule has 1 fully saturated rings. The van der Waals surface area contributed by atoms with Crippen LogP contribution in [0.3, 0.4) is 0 Å². The van der Waals surface area contributed by atoms with Gasteiger partial charge in [-0.25, -0.2) is 4.39 Å². The van der Waals surface area contributed by atoms with Crippen LogP contribution < -0.4 is 4.90 Å². The Bertz CT molecular complexity index is 842. The molecule has 1 aliphatic heterocycles. The number of carbonyl (C=O) groups is 2. The SMILES string of the molecule is Cc1n[nH]c(C)c1CC(=O)N1CCN(c2ccc(F)cc2)CC1C(=O)N(C)C. The van der Waals surface area contributed by atoms with Gasteiger partial charge in [0.05, 0.1) is 12.1 Å². The number of carbonyl (C=O) groups excluding carboxylic acids is 2. The molecule has 1 N–H and O–H groups in total. The van der Waals surface area contributed by atoms with Gasteiger partial charge in [0.15, 0.2) is 0 Å². The number of piperazine rings is 1. The largest absolute Gasteiger partial charge is 0.367 e. The number of hydrogen-bond acceptors (Lipinski definition) is 4. The molecule has 1 atom stereocenters. The Morgan fingerprint density at radius 3 is 2.46 bits per heavy atom. The molecule has 0 radical (unpaired) electrons. The molecule has 0 spiro atoms. The minimum absolute atomic E-state index is 0.0912. The van der Waals surface area contributed by atoms with Gasteiger partial charge in [-0.2, -0.15) is 5.10 Å². The molecule has 150 valence electrons. The molecule has 0 aliphatic carbocycles. The number of aromatic amines is 1. The summed E-state index contributed by atoms with van der Waals surface area (Å²) < 4.78 is 13.2. The molecule has 2 aromatic rings. The van der Waals surface area contributed by atoms with Gasteiger partial charge in [-0.05, 0) is 38.1 Å². The van der Waals surface area contributed by atoms with E-state index in [-0.39, 0.29) is 24.1 Å². The Kier molecular flexibility index (Phi) is 5.67. The summed E-state index contributed by atoms with van der Waals surface area (Å²) in [6.07, 6.45) is 0.210. The second-order valence-corrected chi connectivity index (χ2v) is 7.35. The minimum Gasteiger partial charge on any atom is -0.367 e. The second-order valence-electron chi connectivity index (χ2n) is 7.35. The van der Waals surface area contributed by atoms with Gasteiger partial charge >= 0.3 is 0 Å². The zero-order valence-electron chi connectivity index (χ0n) is 16.7. The molecular formula is C20H26FN5O2. The van der Waals surface area contributed by atoms with Crippen LogP contribution in [0.4, 0.5) is 10.1 Å². The van der Waals surface area contributed by atoms with Gasteiger partial charge < -0.3 is 14.7 Å². The lowest BCUT2D eigenvalue weighted by molar-refractivity contribution is -0.144. The van der Waals surface area contributed by atoms with Crippen LogP contribution in [0.2, 0.25) is 0 Å². The lowest BCUT2D eigenvalue weighted by Gasteiger charge is -2.42. The van der Waals surface area contributed by atoms with E-state index in [9.17, 15) is 14.0 Å². The molecule has 8 heteroatoms. The van der Waals surface area contributed by atoms with Crippen molar-refractivity contribution in [2.75, 3.05) is 38.6 Å². The van der Waals surface area contributed by atoms with E-state index in [1.54, 1.807) is 31.1 Å². The van der Waals surface area contributed by atoms with Crippen molar-refractivity contribution in [2.45, 2.75) is 26.3 Å². The van der Waals surface area contributed by atoms with Crippen molar-refractivity contribution in [3.63, 3.8) is 0 Å². The summed E-state index contributed by atoms with van der Waals surface area (Å²) in [4.78, 5) is 31.0. The predicted octanol–water partition coefficient (Wildman–Crippen LogP) is 1.51. The molecule has 0 saturated carbocycles. The summed E-state index contributed by atoms with van der Waals surface area (Å²) >= 11 is 0. The number of nitrogens with zero attached hydrogens (tertiary/aromatic N) is 4. The summed E-state index contributed by atoms with van der Waals surface area (Å²) in [5.74, 6) is -0.517. The second kappa shape index (κ2) is 8.00. The summed E-state index contributed by atoms with van der Waals surface area (Å²) in [6, 6.07) is 5.61. The van der Waals surface area contributed by atoms with Crippen molar-refractivity contribution in [1.82, 2.24) is 20.0 Å².